The van der Waals surface area contributed by atoms with E-state index in [0.29, 0.717) is 30.1 Å². The van der Waals surface area contributed by atoms with Crippen LogP contribution in [-0.2, 0) is 4.79 Å². The maximum atomic E-state index is 11.7. The highest BCUT2D eigenvalue weighted by molar-refractivity contribution is 6.52. The van der Waals surface area contributed by atoms with Crippen molar-refractivity contribution in [1.29, 1.82) is 0 Å². The molecule has 0 bridgehead atoms. The summed E-state index contributed by atoms with van der Waals surface area (Å²) in [5.74, 6) is -0.516. The van der Waals surface area contributed by atoms with Gasteiger partial charge in [-0.1, -0.05) is 6.07 Å². The van der Waals surface area contributed by atoms with E-state index >= 15 is 0 Å². The van der Waals surface area contributed by atoms with E-state index < -0.39 is 11.7 Å². The molecule has 2 N–H and O–H groups in total. The van der Waals surface area contributed by atoms with Gasteiger partial charge in [0, 0.05) is 13.1 Å². The molecule has 0 unspecified atom stereocenters. The van der Waals surface area contributed by atoms with Crippen molar-refractivity contribution >= 4 is 17.4 Å². The maximum Gasteiger partial charge on any atom is 0.299 e. The van der Waals surface area contributed by atoms with E-state index in [9.17, 15) is 9.59 Å². The van der Waals surface area contributed by atoms with E-state index in [-0.39, 0.29) is 0 Å². The minimum atomic E-state index is -0.537. The smallest absolute Gasteiger partial charge is 0.299 e. The summed E-state index contributed by atoms with van der Waals surface area (Å²) >= 11 is 0. The van der Waals surface area contributed by atoms with Gasteiger partial charge in [-0.3, -0.25) is 9.59 Å². The quantitative estimate of drug-likeness (QED) is 0.738. The number of methoxy groups -OCH3 is 1. The van der Waals surface area contributed by atoms with Gasteiger partial charge in [-0.05, 0) is 12.1 Å². The second kappa shape index (κ2) is 3.94. The molecule has 1 aliphatic heterocycles. The van der Waals surface area contributed by atoms with E-state index in [2.05, 4.69) is 0 Å². The summed E-state index contributed by atoms with van der Waals surface area (Å²) < 4.78 is 5.14. The van der Waals surface area contributed by atoms with Gasteiger partial charge in [-0.25, -0.2) is 0 Å². The lowest BCUT2D eigenvalue weighted by Gasteiger charge is -2.17. The molecular weight excluding hydrogens is 208 g/mol. The van der Waals surface area contributed by atoms with Crippen molar-refractivity contribution < 1.29 is 14.3 Å². The van der Waals surface area contributed by atoms with Gasteiger partial charge >= 0.3 is 0 Å². The maximum absolute atomic E-state index is 11.7. The van der Waals surface area contributed by atoms with Gasteiger partial charge in [0.25, 0.3) is 11.7 Å². The van der Waals surface area contributed by atoms with Crippen LogP contribution in [0.15, 0.2) is 18.2 Å². The number of carbonyl (C=O) groups excluding carboxylic acids is 2. The van der Waals surface area contributed by atoms with Crippen LogP contribution in [0.2, 0.25) is 0 Å². The van der Waals surface area contributed by atoms with Gasteiger partial charge in [0.1, 0.15) is 5.75 Å². The number of amides is 1. The van der Waals surface area contributed by atoms with Crippen LogP contribution in [0, 0.1) is 0 Å². The Hall–Kier alpha value is -1.88. The van der Waals surface area contributed by atoms with Crippen LogP contribution in [-0.4, -0.2) is 31.9 Å². The molecule has 1 aromatic rings. The van der Waals surface area contributed by atoms with E-state index in [0.717, 1.165) is 0 Å². The largest absolute Gasteiger partial charge is 0.495 e. The lowest BCUT2D eigenvalue weighted by atomic mass is 10.1. The summed E-state index contributed by atoms with van der Waals surface area (Å²) in [5.41, 5.74) is 6.34. The van der Waals surface area contributed by atoms with Crippen molar-refractivity contribution in [2.24, 2.45) is 5.73 Å². The minimum absolute atomic E-state index is 0.302. The summed E-state index contributed by atoms with van der Waals surface area (Å²) in [7, 11) is 1.50. The van der Waals surface area contributed by atoms with Gasteiger partial charge in [-0.2, -0.15) is 0 Å². The highest BCUT2D eigenvalue weighted by Crippen LogP contribution is 2.37. The van der Waals surface area contributed by atoms with Crippen molar-refractivity contribution in [2.75, 3.05) is 25.1 Å². The van der Waals surface area contributed by atoms with Crippen LogP contribution < -0.4 is 15.4 Å². The average molecular weight is 220 g/mol. The molecule has 0 fully saturated rings. The first-order chi connectivity index (χ1) is 7.70. The predicted molar refractivity (Wildman–Crippen MR) is 58.7 cm³/mol. The average Bonchev–Trinajstić information content (AvgIpc) is 2.55. The molecule has 1 heterocycles. The number of Topliss-reactive ketones (excluding diaryl/α,β-unsaturated/α-hetero) is 1. The summed E-state index contributed by atoms with van der Waals surface area (Å²) in [6.07, 6.45) is 0. The third-order valence-electron chi connectivity index (χ3n) is 2.53. The van der Waals surface area contributed by atoms with Gasteiger partial charge in [-0.15, -0.1) is 0 Å². The van der Waals surface area contributed by atoms with Crippen LogP contribution in [0.1, 0.15) is 10.4 Å². The number of para-hydroxylation sites is 1. The molecule has 0 spiro atoms. The Morgan fingerprint density at radius 1 is 1.38 bits per heavy atom. The SMILES string of the molecule is COc1cccc2c1N(CCN)C(=O)C2=O. The third kappa shape index (κ3) is 1.37. The molecule has 84 valence electrons. The molecule has 16 heavy (non-hydrogen) atoms. The molecule has 1 amide bonds. The first-order valence-corrected chi connectivity index (χ1v) is 4.94. The molecule has 0 radical (unpaired) electrons. The van der Waals surface area contributed by atoms with Gasteiger partial charge in [0.15, 0.2) is 0 Å². The van der Waals surface area contributed by atoms with Crippen LogP contribution in [0.25, 0.3) is 0 Å². The number of rotatable bonds is 3. The number of benzene rings is 1. The van der Waals surface area contributed by atoms with Crippen molar-refractivity contribution in [2.45, 2.75) is 0 Å². The Bertz CT molecular complexity index is 457. The number of fused-ring (bicyclic) bond motifs is 1. The monoisotopic (exact) mass is 220 g/mol. The summed E-state index contributed by atoms with van der Waals surface area (Å²) in [6.45, 7) is 0.619. The summed E-state index contributed by atoms with van der Waals surface area (Å²) in [4.78, 5) is 24.7. The molecule has 0 atom stereocenters. The van der Waals surface area contributed by atoms with Gasteiger partial charge < -0.3 is 15.4 Å². The van der Waals surface area contributed by atoms with Crippen molar-refractivity contribution in [3.05, 3.63) is 23.8 Å². The molecule has 0 saturated carbocycles. The second-order valence-corrected chi connectivity index (χ2v) is 3.43. The molecule has 2 rings (SSSR count). The highest BCUT2D eigenvalue weighted by Gasteiger charge is 2.37. The van der Waals surface area contributed by atoms with E-state index in [1.807, 2.05) is 0 Å². The lowest BCUT2D eigenvalue weighted by molar-refractivity contribution is -0.114. The zero-order chi connectivity index (χ0) is 11.7. The van der Waals surface area contributed by atoms with E-state index in [1.165, 1.54) is 12.0 Å². The van der Waals surface area contributed by atoms with Crippen LogP contribution in [0.4, 0.5) is 5.69 Å². The molecule has 0 aliphatic carbocycles. The molecular formula is C11H12N2O3. The standard InChI is InChI=1S/C11H12N2O3/c1-16-8-4-2-3-7-9(8)13(6-5-12)11(15)10(7)14/h2-4H,5-6,12H2,1H3. The zero-order valence-electron chi connectivity index (χ0n) is 8.90. The molecule has 0 saturated heterocycles. The molecule has 1 aliphatic rings. The Balaban J connectivity index is 2.57. The Morgan fingerprint density at radius 3 is 2.75 bits per heavy atom. The Labute approximate surface area is 92.8 Å². The fraction of sp³-hybridized carbons (Fsp3) is 0.273. The predicted octanol–water partition coefficient (Wildman–Crippen LogP) is 0.183. The van der Waals surface area contributed by atoms with Crippen molar-refractivity contribution in [1.82, 2.24) is 0 Å². The van der Waals surface area contributed by atoms with Gasteiger partial charge in [0.05, 0.1) is 18.4 Å². The van der Waals surface area contributed by atoms with Crippen LogP contribution in [0.3, 0.4) is 0 Å². The number of carbonyl (C=O) groups is 2. The number of nitrogens with two attached hydrogens (primary N) is 1. The van der Waals surface area contributed by atoms with Crippen LogP contribution >= 0.6 is 0 Å². The fourth-order valence-electron chi connectivity index (χ4n) is 1.83. The van der Waals surface area contributed by atoms with Gasteiger partial charge in [0.2, 0.25) is 0 Å². The number of ketones is 1. The second-order valence-electron chi connectivity index (χ2n) is 3.43. The minimum Gasteiger partial charge on any atom is -0.495 e. The summed E-state index contributed by atoms with van der Waals surface area (Å²) in [6, 6.07) is 5.03. The van der Waals surface area contributed by atoms with Crippen LogP contribution in [0.5, 0.6) is 5.75 Å². The first-order valence-electron chi connectivity index (χ1n) is 4.94. The Kier molecular flexibility index (Phi) is 2.62. The van der Waals surface area contributed by atoms with E-state index in [1.54, 1.807) is 18.2 Å². The summed E-state index contributed by atoms with van der Waals surface area (Å²) in [5, 5.41) is 0. The normalized spacial score (nSPS) is 14.2. The zero-order valence-corrected chi connectivity index (χ0v) is 8.90. The fourth-order valence-corrected chi connectivity index (χ4v) is 1.83. The molecule has 5 nitrogen and oxygen atoms in total. The number of nitrogens with zero attached hydrogens (tertiary/aromatic N) is 1. The molecule has 1 aromatic carbocycles. The Morgan fingerprint density at radius 2 is 2.12 bits per heavy atom. The van der Waals surface area contributed by atoms with E-state index in [4.69, 9.17) is 10.5 Å². The number of hydrogen-bond acceptors (Lipinski definition) is 4. The topological polar surface area (TPSA) is 72.6 Å². The molecule has 5 heteroatoms. The first kappa shape index (κ1) is 10.6. The van der Waals surface area contributed by atoms with Crippen molar-refractivity contribution in [3.63, 3.8) is 0 Å². The number of anilines is 1. The number of ether oxygens (including phenoxy) is 1. The third-order valence-corrected chi connectivity index (χ3v) is 2.53. The lowest BCUT2D eigenvalue weighted by Crippen LogP contribution is -2.34. The number of hydrogen-bond donors (Lipinski definition) is 1. The highest BCUT2D eigenvalue weighted by atomic mass is 16.5. The van der Waals surface area contributed by atoms with Crippen molar-refractivity contribution in [3.8, 4) is 5.75 Å². The molecule has 0 aromatic heterocycles.